The Morgan fingerprint density at radius 3 is 2.63 bits per heavy atom. The fourth-order valence-electron chi connectivity index (χ4n) is 2.79. The van der Waals surface area contributed by atoms with E-state index in [1.807, 2.05) is 62.4 Å². The number of nitrogens with zero attached hydrogens (tertiary/aromatic N) is 3. The summed E-state index contributed by atoms with van der Waals surface area (Å²) in [5.41, 5.74) is 3.02. The lowest BCUT2D eigenvalue weighted by Crippen LogP contribution is -2.37. The first kappa shape index (κ1) is 18.6. The maximum Gasteiger partial charge on any atom is 0.263 e. The Bertz CT molecular complexity index is 921. The highest BCUT2D eigenvalue weighted by Gasteiger charge is 2.22. The van der Waals surface area contributed by atoms with Crippen molar-refractivity contribution in [3.05, 3.63) is 65.5 Å². The van der Waals surface area contributed by atoms with Crippen molar-refractivity contribution in [1.82, 2.24) is 15.0 Å². The van der Waals surface area contributed by atoms with Crippen molar-refractivity contribution in [2.24, 2.45) is 0 Å². The van der Waals surface area contributed by atoms with E-state index in [-0.39, 0.29) is 12.5 Å². The summed E-state index contributed by atoms with van der Waals surface area (Å²) in [4.78, 5) is 18.5. The average Bonchev–Trinajstić information content (AvgIpc) is 3.12. The lowest BCUT2D eigenvalue weighted by molar-refractivity contribution is -0.137. The smallest absolute Gasteiger partial charge is 0.263 e. The van der Waals surface area contributed by atoms with E-state index in [9.17, 15) is 4.79 Å². The zero-order valence-electron chi connectivity index (χ0n) is 16.0. The molecule has 1 unspecified atom stereocenters. The van der Waals surface area contributed by atoms with Crippen molar-refractivity contribution >= 4 is 5.91 Å². The van der Waals surface area contributed by atoms with Gasteiger partial charge in [0.05, 0.1) is 6.54 Å². The summed E-state index contributed by atoms with van der Waals surface area (Å²) >= 11 is 0. The van der Waals surface area contributed by atoms with E-state index >= 15 is 0 Å². The molecule has 6 nitrogen and oxygen atoms in total. The Balaban J connectivity index is 1.62. The largest absolute Gasteiger partial charge is 0.481 e. The number of aryl methyl sites for hydroxylation is 2. The highest BCUT2D eigenvalue weighted by Crippen LogP contribution is 2.21. The van der Waals surface area contributed by atoms with Gasteiger partial charge in [-0.1, -0.05) is 53.2 Å². The first-order chi connectivity index (χ1) is 12.9. The molecule has 0 aliphatic rings. The van der Waals surface area contributed by atoms with Crippen LogP contribution < -0.4 is 4.74 Å². The molecule has 6 heteroatoms. The summed E-state index contributed by atoms with van der Waals surface area (Å²) in [5, 5.41) is 3.98. The molecule has 0 saturated heterocycles. The Kier molecular flexibility index (Phi) is 5.54. The van der Waals surface area contributed by atoms with Crippen molar-refractivity contribution in [1.29, 1.82) is 0 Å². The maximum absolute atomic E-state index is 12.6. The van der Waals surface area contributed by atoms with Crippen molar-refractivity contribution in [2.45, 2.75) is 33.4 Å². The zero-order valence-corrected chi connectivity index (χ0v) is 16.0. The predicted octanol–water partition coefficient (Wildman–Crippen LogP) is 3.78. The minimum absolute atomic E-state index is 0.158. The lowest BCUT2D eigenvalue weighted by Gasteiger charge is -2.21. The second-order valence-electron chi connectivity index (χ2n) is 6.60. The summed E-state index contributed by atoms with van der Waals surface area (Å²) in [6.07, 6.45) is -0.618. The monoisotopic (exact) mass is 365 g/mol. The predicted molar refractivity (Wildman–Crippen MR) is 102 cm³/mol. The molecule has 140 valence electrons. The third kappa shape index (κ3) is 4.53. The van der Waals surface area contributed by atoms with E-state index in [1.165, 1.54) is 4.90 Å². The van der Waals surface area contributed by atoms with Gasteiger partial charge in [0.2, 0.25) is 11.7 Å². The van der Waals surface area contributed by atoms with Gasteiger partial charge in [0.1, 0.15) is 5.75 Å². The fourth-order valence-corrected chi connectivity index (χ4v) is 2.79. The molecule has 1 heterocycles. The highest BCUT2D eigenvalue weighted by atomic mass is 16.5. The van der Waals surface area contributed by atoms with Gasteiger partial charge in [-0.3, -0.25) is 4.79 Å². The van der Waals surface area contributed by atoms with Crippen LogP contribution in [-0.2, 0) is 11.3 Å². The number of likely N-dealkylation sites (N-methyl/N-ethyl adjacent to an activating group) is 1. The SMILES string of the molecule is Cc1ccc(OC(C)C(=O)N(C)Cc2nc(-c3ccccc3)no2)c(C)c1. The van der Waals surface area contributed by atoms with Gasteiger partial charge in [0.25, 0.3) is 5.91 Å². The van der Waals surface area contributed by atoms with E-state index in [2.05, 4.69) is 10.1 Å². The second kappa shape index (κ2) is 8.03. The molecule has 3 aromatic rings. The number of hydrogen-bond donors (Lipinski definition) is 0. The highest BCUT2D eigenvalue weighted by molar-refractivity contribution is 5.80. The van der Waals surface area contributed by atoms with Crippen LogP contribution in [0, 0.1) is 13.8 Å². The molecule has 0 spiro atoms. The Morgan fingerprint density at radius 2 is 1.93 bits per heavy atom. The Morgan fingerprint density at radius 1 is 1.19 bits per heavy atom. The summed E-state index contributed by atoms with van der Waals surface area (Å²) in [6.45, 7) is 5.95. The number of amides is 1. The van der Waals surface area contributed by atoms with Crippen molar-refractivity contribution in [2.75, 3.05) is 7.05 Å². The standard InChI is InChI=1S/C21H23N3O3/c1-14-10-11-18(15(2)12-14)26-16(3)21(25)24(4)13-19-22-20(23-27-19)17-8-6-5-7-9-17/h5-12,16H,13H2,1-4H3. The number of ether oxygens (including phenoxy) is 1. The third-order valence-electron chi connectivity index (χ3n) is 4.23. The van der Waals surface area contributed by atoms with Crippen LogP contribution in [0.15, 0.2) is 53.1 Å². The molecule has 1 atom stereocenters. The van der Waals surface area contributed by atoms with E-state index in [0.29, 0.717) is 17.5 Å². The number of rotatable bonds is 6. The van der Waals surface area contributed by atoms with E-state index < -0.39 is 6.10 Å². The van der Waals surface area contributed by atoms with Crippen LogP contribution in [0.3, 0.4) is 0 Å². The molecule has 0 saturated carbocycles. The van der Waals surface area contributed by atoms with Crippen LogP contribution in [0.2, 0.25) is 0 Å². The number of carbonyl (C=O) groups is 1. The summed E-state index contributed by atoms with van der Waals surface area (Å²) in [6, 6.07) is 15.4. The molecule has 0 aliphatic carbocycles. The van der Waals surface area contributed by atoms with Crippen molar-refractivity contribution in [3.63, 3.8) is 0 Å². The molecule has 1 aromatic heterocycles. The molecule has 3 rings (SSSR count). The summed E-state index contributed by atoms with van der Waals surface area (Å²) in [7, 11) is 1.69. The van der Waals surface area contributed by atoms with E-state index in [4.69, 9.17) is 9.26 Å². The molecule has 0 aliphatic heterocycles. The van der Waals surface area contributed by atoms with Gasteiger partial charge in [0.15, 0.2) is 6.10 Å². The van der Waals surface area contributed by atoms with Gasteiger partial charge in [-0.15, -0.1) is 0 Å². The van der Waals surface area contributed by atoms with Crippen LogP contribution >= 0.6 is 0 Å². The maximum atomic E-state index is 12.6. The van der Waals surface area contributed by atoms with Crippen LogP contribution in [-0.4, -0.2) is 34.1 Å². The van der Waals surface area contributed by atoms with E-state index in [0.717, 1.165) is 16.7 Å². The van der Waals surface area contributed by atoms with Crippen molar-refractivity contribution in [3.8, 4) is 17.1 Å². The molecular formula is C21H23N3O3. The summed E-state index contributed by atoms with van der Waals surface area (Å²) in [5.74, 6) is 1.43. The average molecular weight is 365 g/mol. The minimum atomic E-state index is -0.618. The van der Waals surface area contributed by atoms with Gasteiger partial charge in [-0.2, -0.15) is 4.98 Å². The van der Waals surface area contributed by atoms with Gasteiger partial charge < -0.3 is 14.2 Å². The molecule has 27 heavy (non-hydrogen) atoms. The Hall–Kier alpha value is -3.15. The lowest BCUT2D eigenvalue weighted by atomic mass is 10.1. The molecule has 0 radical (unpaired) electrons. The van der Waals surface area contributed by atoms with Crippen LogP contribution in [0.1, 0.15) is 23.9 Å². The Labute approximate surface area is 158 Å². The molecular weight excluding hydrogens is 342 g/mol. The van der Waals surface area contributed by atoms with Crippen LogP contribution in [0.25, 0.3) is 11.4 Å². The molecule has 0 bridgehead atoms. The topological polar surface area (TPSA) is 68.5 Å². The number of hydrogen-bond acceptors (Lipinski definition) is 5. The van der Waals surface area contributed by atoms with Crippen LogP contribution in [0.4, 0.5) is 0 Å². The normalized spacial score (nSPS) is 11.9. The van der Waals surface area contributed by atoms with Gasteiger partial charge >= 0.3 is 0 Å². The van der Waals surface area contributed by atoms with Gasteiger partial charge in [-0.05, 0) is 32.4 Å². The number of carbonyl (C=O) groups excluding carboxylic acids is 1. The van der Waals surface area contributed by atoms with Gasteiger partial charge in [-0.25, -0.2) is 0 Å². The van der Waals surface area contributed by atoms with Crippen LogP contribution in [0.5, 0.6) is 5.75 Å². The third-order valence-corrected chi connectivity index (χ3v) is 4.23. The fraction of sp³-hybridized carbons (Fsp3) is 0.286. The molecule has 0 fully saturated rings. The summed E-state index contributed by atoms with van der Waals surface area (Å²) < 4.78 is 11.1. The number of aromatic nitrogens is 2. The molecule has 2 aromatic carbocycles. The quantitative estimate of drug-likeness (QED) is 0.665. The first-order valence-corrected chi connectivity index (χ1v) is 8.81. The van der Waals surface area contributed by atoms with E-state index in [1.54, 1.807) is 14.0 Å². The molecule has 1 amide bonds. The van der Waals surface area contributed by atoms with Crippen molar-refractivity contribution < 1.29 is 14.1 Å². The van der Waals surface area contributed by atoms with Gasteiger partial charge in [0, 0.05) is 12.6 Å². The number of benzene rings is 2. The second-order valence-corrected chi connectivity index (χ2v) is 6.60. The first-order valence-electron chi connectivity index (χ1n) is 8.81. The zero-order chi connectivity index (χ0) is 19.4. The minimum Gasteiger partial charge on any atom is -0.481 e. The molecule has 0 N–H and O–H groups in total.